The number of hydrogen-bond acceptors (Lipinski definition) is 2. The molecule has 2 nitrogen and oxygen atoms in total. The quantitative estimate of drug-likeness (QED) is 0.146. The van der Waals surface area contributed by atoms with Crippen LogP contribution in [-0.2, 0) is 14.9 Å². The summed E-state index contributed by atoms with van der Waals surface area (Å²) in [4.78, 5) is 0. The molecule has 0 radical (unpaired) electrons. The molecule has 2 heteroatoms. The van der Waals surface area contributed by atoms with Crippen LogP contribution in [0.3, 0.4) is 0 Å². The predicted molar refractivity (Wildman–Crippen MR) is 173 cm³/mol. The lowest BCUT2D eigenvalue weighted by molar-refractivity contribution is 0.0735. The van der Waals surface area contributed by atoms with Crippen LogP contribution in [0, 0.1) is 0 Å². The van der Waals surface area contributed by atoms with E-state index in [1.54, 1.807) is 0 Å². The summed E-state index contributed by atoms with van der Waals surface area (Å²) in [6, 6.07) is 35.9. The number of rotatable bonds is 14. The Labute approximate surface area is 247 Å². The molecule has 1 aliphatic rings. The highest BCUT2D eigenvalue weighted by Gasteiger charge is 2.44. The van der Waals surface area contributed by atoms with Gasteiger partial charge in [0.15, 0.2) is 0 Å². The molecule has 0 aromatic heterocycles. The summed E-state index contributed by atoms with van der Waals surface area (Å²) in [7, 11) is 0. The standard InChI is InChI=1S/C39H46O2/c1-29(2)40-27-13-11-25-39(26-12-14-28-41-30(3)4)35-23-15-21-33(31-17-7-5-8-18-31)37(35)38-34(22-16-24-36(38)39)32-19-9-6-10-20-32/h5-10,15-24,29-30H,11-14,25-28H2,1-4H3. The topological polar surface area (TPSA) is 18.5 Å². The van der Waals surface area contributed by atoms with E-state index >= 15 is 0 Å². The van der Waals surface area contributed by atoms with Gasteiger partial charge in [-0.3, -0.25) is 0 Å². The molecular weight excluding hydrogens is 500 g/mol. The fraction of sp³-hybridized carbons (Fsp3) is 0.385. The molecule has 0 spiro atoms. The van der Waals surface area contributed by atoms with Crippen molar-refractivity contribution in [2.45, 2.75) is 83.8 Å². The molecule has 0 heterocycles. The van der Waals surface area contributed by atoms with Gasteiger partial charge in [0.05, 0.1) is 12.2 Å². The van der Waals surface area contributed by atoms with Crippen molar-refractivity contribution in [3.8, 4) is 33.4 Å². The van der Waals surface area contributed by atoms with E-state index < -0.39 is 0 Å². The number of ether oxygens (including phenoxy) is 2. The average molecular weight is 547 g/mol. The van der Waals surface area contributed by atoms with Crippen molar-refractivity contribution in [2.75, 3.05) is 13.2 Å². The lowest BCUT2D eigenvalue weighted by Gasteiger charge is -2.33. The fourth-order valence-electron chi connectivity index (χ4n) is 6.66. The van der Waals surface area contributed by atoms with Crippen molar-refractivity contribution in [1.29, 1.82) is 0 Å². The van der Waals surface area contributed by atoms with Crippen molar-refractivity contribution in [3.05, 3.63) is 108 Å². The first-order valence-electron chi connectivity index (χ1n) is 15.6. The van der Waals surface area contributed by atoms with Gasteiger partial charge in [-0.2, -0.15) is 0 Å². The Bertz CT molecular complexity index is 1280. The minimum absolute atomic E-state index is 0.0318. The maximum Gasteiger partial charge on any atom is 0.0518 e. The van der Waals surface area contributed by atoms with Crippen molar-refractivity contribution in [1.82, 2.24) is 0 Å². The molecule has 214 valence electrons. The molecule has 0 aliphatic heterocycles. The van der Waals surface area contributed by atoms with Crippen LogP contribution in [0.15, 0.2) is 97.1 Å². The maximum atomic E-state index is 5.95. The first kappa shape index (κ1) is 29.3. The molecule has 4 aromatic carbocycles. The Morgan fingerprint density at radius 2 is 0.902 bits per heavy atom. The van der Waals surface area contributed by atoms with Gasteiger partial charge in [0.1, 0.15) is 0 Å². The summed E-state index contributed by atoms with van der Waals surface area (Å²) in [6.07, 6.45) is 7.24. The number of benzene rings is 4. The van der Waals surface area contributed by atoms with E-state index in [4.69, 9.17) is 9.47 Å². The second-order valence-corrected chi connectivity index (χ2v) is 12.0. The van der Waals surface area contributed by atoms with E-state index in [0.29, 0.717) is 0 Å². The second-order valence-electron chi connectivity index (χ2n) is 12.0. The van der Waals surface area contributed by atoms with Gasteiger partial charge in [-0.25, -0.2) is 0 Å². The lowest BCUT2D eigenvalue weighted by Crippen LogP contribution is -2.26. The minimum Gasteiger partial charge on any atom is -0.379 e. The minimum atomic E-state index is -0.0318. The van der Waals surface area contributed by atoms with Gasteiger partial charge in [-0.15, -0.1) is 0 Å². The van der Waals surface area contributed by atoms with Crippen LogP contribution in [0.1, 0.15) is 77.3 Å². The summed E-state index contributed by atoms with van der Waals surface area (Å²) >= 11 is 0. The molecule has 1 aliphatic carbocycles. The SMILES string of the molecule is CC(C)OCCCCC1(CCCCOC(C)C)c2cccc(-c3ccccc3)c2-c2c(-c3ccccc3)cccc21. The molecule has 4 aromatic rings. The van der Waals surface area contributed by atoms with Gasteiger partial charge in [0.2, 0.25) is 0 Å². The summed E-state index contributed by atoms with van der Waals surface area (Å²) < 4.78 is 11.9. The molecule has 0 unspecified atom stereocenters. The smallest absolute Gasteiger partial charge is 0.0518 e. The van der Waals surface area contributed by atoms with Gasteiger partial charge < -0.3 is 9.47 Å². The molecular formula is C39H46O2. The molecule has 5 rings (SSSR count). The zero-order valence-corrected chi connectivity index (χ0v) is 25.4. The van der Waals surface area contributed by atoms with Crippen molar-refractivity contribution >= 4 is 0 Å². The first-order chi connectivity index (χ1) is 20.0. The van der Waals surface area contributed by atoms with Gasteiger partial charge in [-0.05, 0) is 111 Å². The van der Waals surface area contributed by atoms with E-state index in [1.807, 2.05) is 0 Å². The zero-order valence-electron chi connectivity index (χ0n) is 25.4. The molecule has 0 bridgehead atoms. The lowest BCUT2D eigenvalue weighted by atomic mass is 9.70. The Morgan fingerprint density at radius 3 is 1.29 bits per heavy atom. The zero-order chi connectivity index (χ0) is 28.7. The third-order valence-electron chi connectivity index (χ3n) is 8.48. The maximum absolute atomic E-state index is 5.95. The summed E-state index contributed by atoms with van der Waals surface area (Å²) in [6.45, 7) is 10.1. The largest absolute Gasteiger partial charge is 0.379 e. The van der Waals surface area contributed by atoms with Gasteiger partial charge in [0.25, 0.3) is 0 Å². The van der Waals surface area contributed by atoms with Gasteiger partial charge >= 0.3 is 0 Å². The van der Waals surface area contributed by atoms with Crippen LogP contribution in [0.5, 0.6) is 0 Å². The first-order valence-corrected chi connectivity index (χ1v) is 15.6. The van der Waals surface area contributed by atoms with E-state index in [2.05, 4.69) is 125 Å². The van der Waals surface area contributed by atoms with E-state index in [0.717, 1.165) is 51.7 Å². The van der Waals surface area contributed by atoms with Crippen molar-refractivity contribution in [2.24, 2.45) is 0 Å². The van der Waals surface area contributed by atoms with E-state index in [-0.39, 0.29) is 17.6 Å². The van der Waals surface area contributed by atoms with E-state index in [9.17, 15) is 0 Å². The normalized spacial score (nSPS) is 13.5. The van der Waals surface area contributed by atoms with Crippen LogP contribution in [0.4, 0.5) is 0 Å². The molecule has 0 fully saturated rings. The van der Waals surface area contributed by atoms with Crippen LogP contribution in [0.2, 0.25) is 0 Å². The average Bonchev–Trinajstić information content (AvgIpc) is 3.27. The van der Waals surface area contributed by atoms with Crippen molar-refractivity contribution in [3.63, 3.8) is 0 Å². The Kier molecular flexibility index (Phi) is 9.75. The number of hydrogen-bond donors (Lipinski definition) is 0. The predicted octanol–water partition coefficient (Wildman–Crippen LogP) is 10.5. The summed E-state index contributed by atoms with van der Waals surface area (Å²) in [5, 5.41) is 0. The van der Waals surface area contributed by atoms with Gasteiger partial charge in [-0.1, -0.05) is 97.1 Å². The molecule has 0 saturated heterocycles. The van der Waals surface area contributed by atoms with E-state index in [1.165, 1.54) is 44.5 Å². The van der Waals surface area contributed by atoms with Crippen molar-refractivity contribution < 1.29 is 9.47 Å². The molecule has 0 amide bonds. The fourth-order valence-corrected chi connectivity index (χ4v) is 6.66. The number of unbranched alkanes of at least 4 members (excludes halogenated alkanes) is 2. The molecule has 41 heavy (non-hydrogen) atoms. The Morgan fingerprint density at radius 1 is 0.488 bits per heavy atom. The summed E-state index contributed by atoms with van der Waals surface area (Å²) in [5.74, 6) is 0. The molecule has 0 atom stereocenters. The highest BCUT2D eigenvalue weighted by atomic mass is 16.5. The van der Waals surface area contributed by atoms with Crippen LogP contribution >= 0.6 is 0 Å². The molecule has 0 saturated carbocycles. The monoisotopic (exact) mass is 546 g/mol. The van der Waals surface area contributed by atoms with Crippen LogP contribution in [0.25, 0.3) is 33.4 Å². The van der Waals surface area contributed by atoms with Gasteiger partial charge in [0, 0.05) is 18.6 Å². The number of fused-ring (bicyclic) bond motifs is 3. The highest BCUT2D eigenvalue weighted by molar-refractivity contribution is 5.99. The third kappa shape index (κ3) is 6.50. The summed E-state index contributed by atoms with van der Waals surface area (Å²) in [5.41, 5.74) is 11.0. The molecule has 0 N–H and O–H groups in total. The Balaban J connectivity index is 1.64. The van der Waals surface area contributed by atoms with Crippen LogP contribution < -0.4 is 0 Å². The third-order valence-corrected chi connectivity index (χ3v) is 8.48. The Hall–Kier alpha value is -3.20. The highest BCUT2D eigenvalue weighted by Crippen LogP contribution is 2.58. The second kappa shape index (κ2) is 13.6. The van der Waals surface area contributed by atoms with Crippen LogP contribution in [-0.4, -0.2) is 25.4 Å².